The van der Waals surface area contributed by atoms with E-state index >= 15 is 0 Å². The maximum Gasteiger partial charge on any atom is 0.269 e. The highest BCUT2D eigenvalue weighted by molar-refractivity contribution is 7.22. The van der Waals surface area contributed by atoms with Crippen molar-refractivity contribution in [2.24, 2.45) is 0 Å². The predicted octanol–water partition coefficient (Wildman–Crippen LogP) is 5.34. The van der Waals surface area contributed by atoms with Crippen LogP contribution in [-0.4, -0.2) is 20.8 Å². The van der Waals surface area contributed by atoms with Gasteiger partial charge in [0.2, 0.25) is 5.91 Å². The molecule has 0 saturated heterocycles. The van der Waals surface area contributed by atoms with E-state index in [0.29, 0.717) is 15.7 Å². The van der Waals surface area contributed by atoms with Crippen LogP contribution < -0.4 is 4.90 Å². The van der Waals surface area contributed by atoms with Gasteiger partial charge in [-0.2, -0.15) is 0 Å². The smallest absolute Gasteiger partial charge is 0.269 e. The number of anilines is 1. The highest BCUT2D eigenvalue weighted by atomic mass is 35.5. The third-order valence-corrected chi connectivity index (χ3v) is 5.96. The second-order valence-electron chi connectivity index (χ2n) is 6.97. The van der Waals surface area contributed by atoms with E-state index in [2.05, 4.69) is 4.98 Å². The van der Waals surface area contributed by atoms with Crippen molar-refractivity contribution in [3.63, 3.8) is 0 Å². The Balaban J connectivity index is 1.67. The molecule has 9 heteroatoms. The molecule has 2 aromatic heterocycles. The van der Waals surface area contributed by atoms with Crippen LogP contribution in [0.4, 0.5) is 10.8 Å². The van der Waals surface area contributed by atoms with Crippen molar-refractivity contribution < 1.29 is 9.72 Å². The van der Waals surface area contributed by atoms with Crippen LogP contribution in [0.2, 0.25) is 5.02 Å². The molecular formula is C22H17ClN4O3S. The number of nitro groups is 1. The van der Waals surface area contributed by atoms with Gasteiger partial charge < -0.3 is 0 Å². The first-order chi connectivity index (χ1) is 14.9. The van der Waals surface area contributed by atoms with Gasteiger partial charge in [-0.1, -0.05) is 41.1 Å². The van der Waals surface area contributed by atoms with Crippen LogP contribution in [0.3, 0.4) is 0 Å². The summed E-state index contributed by atoms with van der Waals surface area (Å²) >= 11 is 7.58. The fourth-order valence-corrected chi connectivity index (χ4v) is 4.62. The summed E-state index contributed by atoms with van der Waals surface area (Å²) in [5.74, 6) is -0.178. The number of carbonyl (C=O) groups excluding carboxylic acids is 1. The number of hydrogen-bond acceptors (Lipinski definition) is 6. The maximum absolute atomic E-state index is 13.3. The molecule has 0 radical (unpaired) electrons. The lowest BCUT2D eigenvalue weighted by Gasteiger charge is -2.19. The third kappa shape index (κ3) is 4.70. The molecule has 0 bridgehead atoms. The molecule has 0 fully saturated rings. The van der Waals surface area contributed by atoms with Crippen LogP contribution in [0.5, 0.6) is 0 Å². The van der Waals surface area contributed by atoms with Crippen molar-refractivity contribution in [1.82, 2.24) is 9.97 Å². The number of aromatic nitrogens is 2. The predicted molar refractivity (Wildman–Crippen MR) is 122 cm³/mol. The minimum absolute atomic E-state index is 0.0138. The topological polar surface area (TPSA) is 89.2 Å². The van der Waals surface area contributed by atoms with Gasteiger partial charge in [0.25, 0.3) is 5.69 Å². The van der Waals surface area contributed by atoms with Crippen molar-refractivity contribution in [1.29, 1.82) is 0 Å². The van der Waals surface area contributed by atoms with Crippen molar-refractivity contribution in [2.75, 3.05) is 4.90 Å². The summed E-state index contributed by atoms with van der Waals surface area (Å²) in [6, 6.07) is 15.2. The average molecular weight is 453 g/mol. The van der Waals surface area contributed by atoms with Gasteiger partial charge >= 0.3 is 0 Å². The molecule has 0 aliphatic heterocycles. The van der Waals surface area contributed by atoms with Gasteiger partial charge in [-0.15, -0.1) is 0 Å². The Morgan fingerprint density at radius 3 is 2.65 bits per heavy atom. The van der Waals surface area contributed by atoms with E-state index in [1.165, 1.54) is 23.5 Å². The second-order valence-corrected chi connectivity index (χ2v) is 8.41. The molecule has 0 N–H and O–H groups in total. The zero-order valence-corrected chi connectivity index (χ0v) is 18.1. The van der Waals surface area contributed by atoms with Crippen LogP contribution in [0.25, 0.3) is 10.2 Å². The Morgan fingerprint density at radius 2 is 1.97 bits per heavy atom. The van der Waals surface area contributed by atoms with E-state index in [1.54, 1.807) is 23.2 Å². The number of nitrogens with zero attached hydrogens (tertiary/aromatic N) is 4. The molecule has 156 valence electrons. The van der Waals surface area contributed by atoms with Crippen LogP contribution >= 0.6 is 22.9 Å². The van der Waals surface area contributed by atoms with Gasteiger partial charge in [0, 0.05) is 23.4 Å². The van der Waals surface area contributed by atoms with Gasteiger partial charge in [0.05, 0.1) is 33.8 Å². The van der Waals surface area contributed by atoms with E-state index < -0.39 is 4.92 Å². The quantitative estimate of drug-likeness (QED) is 0.291. The number of non-ortho nitro benzene ring substituents is 1. The fraction of sp³-hybridized carbons (Fsp3) is 0.136. The molecule has 7 nitrogen and oxygen atoms in total. The first-order valence-electron chi connectivity index (χ1n) is 9.41. The molecule has 2 aromatic carbocycles. The van der Waals surface area contributed by atoms with Crippen LogP contribution in [-0.2, 0) is 17.8 Å². The molecule has 0 aliphatic rings. The van der Waals surface area contributed by atoms with Crippen molar-refractivity contribution in [3.8, 4) is 0 Å². The van der Waals surface area contributed by atoms with E-state index in [9.17, 15) is 14.9 Å². The van der Waals surface area contributed by atoms with Gasteiger partial charge in [-0.05, 0) is 42.3 Å². The lowest BCUT2D eigenvalue weighted by atomic mass is 10.1. The summed E-state index contributed by atoms with van der Waals surface area (Å²) in [5.41, 5.74) is 3.14. The van der Waals surface area contributed by atoms with E-state index in [-0.39, 0.29) is 24.6 Å². The molecule has 0 spiro atoms. The number of halogens is 1. The molecule has 0 unspecified atom stereocenters. The summed E-state index contributed by atoms with van der Waals surface area (Å²) in [5, 5.41) is 12.0. The summed E-state index contributed by atoms with van der Waals surface area (Å²) in [6.07, 6.45) is 1.76. The molecule has 0 aliphatic carbocycles. The van der Waals surface area contributed by atoms with Gasteiger partial charge in [-0.3, -0.25) is 24.8 Å². The first kappa shape index (κ1) is 20.9. The number of fused-ring (bicyclic) bond motifs is 1. The Labute approximate surface area is 187 Å². The van der Waals surface area contributed by atoms with Crippen LogP contribution in [0.15, 0.2) is 60.8 Å². The highest BCUT2D eigenvalue weighted by Crippen LogP contribution is 2.34. The molecule has 31 heavy (non-hydrogen) atoms. The van der Waals surface area contributed by atoms with Gasteiger partial charge in [-0.25, -0.2) is 4.98 Å². The summed E-state index contributed by atoms with van der Waals surface area (Å²) in [4.78, 5) is 34.3. The van der Waals surface area contributed by atoms with Gasteiger partial charge in [0.15, 0.2) is 5.13 Å². The Kier molecular flexibility index (Phi) is 5.92. The molecule has 4 rings (SSSR count). The first-order valence-corrected chi connectivity index (χ1v) is 10.6. The zero-order valence-electron chi connectivity index (χ0n) is 16.5. The SMILES string of the molecule is Cc1cc(Cl)cc2sc(N(Cc3ccccn3)C(=O)Cc3ccc([N+](=O)[O-])cc3)nc12. The number of carbonyl (C=O) groups is 1. The van der Waals surface area contributed by atoms with E-state index in [4.69, 9.17) is 16.6 Å². The number of nitro benzene ring substituents is 1. The Morgan fingerprint density at radius 1 is 1.19 bits per heavy atom. The summed E-state index contributed by atoms with van der Waals surface area (Å²) < 4.78 is 0.897. The normalized spacial score (nSPS) is 10.9. The van der Waals surface area contributed by atoms with Gasteiger partial charge in [0.1, 0.15) is 0 Å². The second kappa shape index (κ2) is 8.79. The molecule has 4 aromatic rings. The number of benzene rings is 2. The number of amides is 1. The highest BCUT2D eigenvalue weighted by Gasteiger charge is 2.22. The molecule has 2 heterocycles. The molecule has 1 amide bonds. The summed E-state index contributed by atoms with van der Waals surface area (Å²) in [6.45, 7) is 2.19. The average Bonchev–Trinajstić information content (AvgIpc) is 3.17. The third-order valence-electron chi connectivity index (χ3n) is 4.72. The largest absolute Gasteiger partial charge is 0.282 e. The van der Waals surface area contributed by atoms with Crippen LogP contribution in [0.1, 0.15) is 16.8 Å². The monoisotopic (exact) mass is 452 g/mol. The Bertz CT molecular complexity index is 1260. The fourth-order valence-electron chi connectivity index (χ4n) is 3.18. The number of pyridine rings is 1. The number of rotatable bonds is 6. The van der Waals surface area contributed by atoms with E-state index in [0.717, 1.165) is 21.5 Å². The van der Waals surface area contributed by atoms with Crippen molar-refractivity contribution >= 4 is 49.9 Å². The standard InChI is InChI=1S/C22H17ClN4O3S/c1-14-10-16(23)12-19-21(14)25-22(31-19)26(13-17-4-2-3-9-24-17)20(28)11-15-5-7-18(8-6-15)27(29)30/h2-10,12H,11,13H2,1H3. The van der Waals surface area contributed by atoms with Crippen molar-refractivity contribution in [3.05, 3.63) is 92.8 Å². The minimum atomic E-state index is -0.465. The molecular weight excluding hydrogens is 436 g/mol. The lowest BCUT2D eigenvalue weighted by Crippen LogP contribution is -2.32. The van der Waals surface area contributed by atoms with Crippen molar-refractivity contribution in [2.45, 2.75) is 19.9 Å². The minimum Gasteiger partial charge on any atom is -0.282 e. The maximum atomic E-state index is 13.3. The zero-order chi connectivity index (χ0) is 22.0. The molecule has 0 saturated carbocycles. The lowest BCUT2D eigenvalue weighted by molar-refractivity contribution is -0.384. The number of thiazole rings is 1. The number of hydrogen-bond donors (Lipinski definition) is 0. The van der Waals surface area contributed by atoms with Crippen LogP contribution in [0, 0.1) is 17.0 Å². The summed E-state index contributed by atoms with van der Waals surface area (Å²) in [7, 11) is 0. The Hall–Kier alpha value is -3.36. The number of aryl methyl sites for hydroxylation is 1. The molecule has 0 atom stereocenters. The van der Waals surface area contributed by atoms with E-state index in [1.807, 2.05) is 37.3 Å².